The van der Waals surface area contributed by atoms with Gasteiger partial charge in [0, 0.05) is 36.6 Å². The first-order valence-corrected chi connectivity index (χ1v) is 8.93. The van der Waals surface area contributed by atoms with Gasteiger partial charge in [-0.2, -0.15) is 0 Å². The van der Waals surface area contributed by atoms with Crippen LogP contribution in [0.4, 0.5) is 17.3 Å². The standard InChI is InChI=1S/C21H21N5O3/c1-14(27)24-16-7-9-17(10-8-16)25-21-22-12-11-18(26-21)20(28)23-13-15-5-3-4-6-19(15)29-2/h3-12H,13H2,1-2H3,(H,23,28)(H,24,27)(H,22,25,26). The average molecular weight is 391 g/mol. The van der Waals surface area contributed by atoms with E-state index in [0.717, 1.165) is 11.3 Å². The number of benzene rings is 2. The lowest BCUT2D eigenvalue weighted by molar-refractivity contribution is -0.114. The minimum atomic E-state index is -0.317. The second kappa shape index (κ2) is 9.32. The number of para-hydroxylation sites is 1. The first kappa shape index (κ1) is 19.8. The van der Waals surface area contributed by atoms with Gasteiger partial charge in [0.1, 0.15) is 11.4 Å². The number of nitrogens with one attached hydrogen (secondary N) is 3. The third-order valence-electron chi connectivity index (χ3n) is 3.98. The Morgan fingerprint density at radius 2 is 1.72 bits per heavy atom. The normalized spacial score (nSPS) is 10.1. The number of hydrogen-bond acceptors (Lipinski definition) is 6. The zero-order valence-corrected chi connectivity index (χ0v) is 16.1. The molecule has 0 fully saturated rings. The summed E-state index contributed by atoms with van der Waals surface area (Å²) in [5, 5.41) is 8.56. The summed E-state index contributed by atoms with van der Waals surface area (Å²) in [5.74, 6) is 0.547. The van der Waals surface area contributed by atoms with Crippen LogP contribution in [0.5, 0.6) is 5.75 Å². The molecule has 0 aliphatic rings. The van der Waals surface area contributed by atoms with Gasteiger partial charge in [-0.15, -0.1) is 0 Å². The number of methoxy groups -OCH3 is 1. The molecule has 0 spiro atoms. The Morgan fingerprint density at radius 1 is 1.00 bits per heavy atom. The Hall–Kier alpha value is -3.94. The number of carbonyl (C=O) groups excluding carboxylic acids is 2. The smallest absolute Gasteiger partial charge is 0.270 e. The fourth-order valence-electron chi connectivity index (χ4n) is 2.63. The van der Waals surface area contributed by atoms with Crippen molar-refractivity contribution in [2.75, 3.05) is 17.7 Å². The van der Waals surface area contributed by atoms with E-state index in [1.165, 1.54) is 13.1 Å². The predicted octanol–water partition coefficient (Wildman–Crippen LogP) is 3.12. The van der Waals surface area contributed by atoms with Gasteiger partial charge in [0.25, 0.3) is 5.91 Å². The van der Waals surface area contributed by atoms with Crippen LogP contribution in [0.3, 0.4) is 0 Å². The van der Waals surface area contributed by atoms with Crippen molar-refractivity contribution in [2.45, 2.75) is 13.5 Å². The first-order chi connectivity index (χ1) is 14.0. The summed E-state index contributed by atoms with van der Waals surface area (Å²) in [5.41, 5.74) is 2.53. The summed E-state index contributed by atoms with van der Waals surface area (Å²) in [4.78, 5) is 31.9. The number of hydrogen-bond donors (Lipinski definition) is 3. The summed E-state index contributed by atoms with van der Waals surface area (Å²) in [7, 11) is 1.59. The molecule has 3 rings (SSSR count). The second-order valence-corrected chi connectivity index (χ2v) is 6.14. The van der Waals surface area contributed by atoms with Crippen LogP contribution in [0.15, 0.2) is 60.8 Å². The number of rotatable bonds is 7. The highest BCUT2D eigenvalue weighted by Crippen LogP contribution is 2.18. The molecule has 0 saturated heterocycles. The Bertz CT molecular complexity index is 1010. The summed E-state index contributed by atoms with van der Waals surface area (Å²) < 4.78 is 5.29. The van der Waals surface area contributed by atoms with Crippen molar-refractivity contribution in [3.63, 3.8) is 0 Å². The molecule has 1 aromatic heterocycles. The Kier molecular flexibility index (Phi) is 6.36. The molecule has 3 aromatic rings. The molecular formula is C21H21N5O3. The van der Waals surface area contributed by atoms with Crippen molar-refractivity contribution >= 4 is 29.1 Å². The molecule has 3 N–H and O–H groups in total. The van der Waals surface area contributed by atoms with Crippen molar-refractivity contribution in [1.82, 2.24) is 15.3 Å². The molecule has 1 heterocycles. The minimum Gasteiger partial charge on any atom is -0.496 e. The Morgan fingerprint density at radius 3 is 2.45 bits per heavy atom. The highest BCUT2D eigenvalue weighted by Gasteiger charge is 2.10. The van der Waals surface area contributed by atoms with Gasteiger partial charge in [-0.25, -0.2) is 9.97 Å². The van der Waals surface area contributed by atoms with Gasteiger partial charge >= 0.3 is 0 Å². The van der Waals surface area contributed by atoms with E-state index in [4.69, 9.17) is 4.74 Å². The van der Waals surface area contributed by atoms with Gasteiger partial charge in [0.2, 0.25) is 11.9 Å². The highest BCUT2D eigenvalue weighted by atomic mass is 16.5. The molecule has 8 nitrogen and oxygen atoms in total. The van der Waals surface area contributed by atoms with Gasteiger partial charge in [0.05, 0.1) is 7.11 Å². The fraction of sp³-hybridized carbons (Fsp3) is 0.143. The van der Waals surface area contributed by atoms with E-state index in [1.54, 1.807) is 37.4 Å². The van der Waals surface area contributed by atoms with E-state index in [0.29, 0.717) is 23.9 Å². The lowest BCUT2D eigenvalue weighted by Gasteiger charge is -2.10. The molecule has 2 aromatic carbocycles. The van der Waals surface area contributed by atoms with Crippen LogP contribution in [0.2, 0.25) is 0 Å². The van der Waals surface area contributed by atoms with E-state index < -0.39 is 0 Å². The van der Waals surface area contributed by atoms with E-state index in [-0.39, 0.29) is 17.5 Å². The maximum atomic E-state index is 12.5. The molecule has 2 amide bonds. The van der Waals surface area contributed by atoms with Crippen molar-refractivity contribution in [3.8, 4) is 5.75 Å². The fourth-order valence-corrected chi connectivity index (χ4v) is 2.63. The maximum Gasteiger partial charge on any atom is 0.270 e. The van der Waals surface area contributed by atoms with E-state index in [1.807, 2.05) is 24.3 Å². The number of anilines is 3. The van der Waals surface area contributed by atoms with Crippen molar-refractivity contribution in [1.29, 1.82) is 0 Å². The van der Waals surface area contributed by atoms with Crippen molar-refractivity contribution in [2.24, 2.45) is 0 Å². The Balaban J connectivity index is 1.64. The molecular weight excluding hydrogens is 370 g/mol. The van der Waals surface area contributed by atoms with Gasteiger partial charge in [-0.05, 0) is 36.4 Å². The topological polar surface area (TPSA) is 105 Å². The van der Waals surface area contributed by atoms with Gasteiger partial charge < -0.3 is 20.7 Å². The SMILES string of the molecule is COc1ccccc1CNC(=O)c1ccnc(Nc2ccc(NC(C)=O)cc2)n1. The summed E-state index contributed by atoms with van der Waals surface area (Å²) in [6.07, 6.45) is 1.51. The molecule has 29 heavy (non-hydrogen) atoms. The minimum absolute atomic E-state index is 0.138. The van der Waals surface area contributed by atoms with E-state index >= 15 is 0 Å². The largest absolute Gasteiger partial charge is 0.496 e. The third kappa shape index (κ3) is 5.52. The molecule has 0 saturated carbocycles. The molecule has 8 heteroatoms. The van der Waals surface area contributed by atoms with E-state index in [9.17, 15) is 9.59 Å². The van der Waals surface area contributed by atoms with E-state index in [2.05, 4.69) is 25.9 Å². The number of ether oxygens (including phenoxy) is 1. The van der Waals surface area contributed by atoms with Crippen LogP contribution in [-0.2, 0) is 11.3 Å². The lowest BCUT2D eigenvalue weighted by atomic mass is 10.2. The molecule has 0 aliphatic heterocycles. The van der Waals surface area contributed by atoms with Crippen LogP contribution in [0.25, 0.3) is 0 Å². The summed E-state index contributed by atoms with van der Waals surface area (Å²) >= 11 is 0. The highest BCUT2D eigenvalue weighted by molar-refractivity contribution is 5.92. The monoisotopic (exact) mass is 391 g/mol. The van der Waals surface area contributed by atoms with Crippen LogP contribution in [-0.4, -0.2) is 28.9 Å². The summed E-state index contributed by atoms with van der Waals surface area (Å²) in [6.45, 7) is 1.77. The molecule has 0 aliphatic carbocycles. The van der Waals surface area contributed by atoms with Crippen LogP contribution < -0.4 is 20.7 Å². The quantitative estimate of drug-likeness (QED) is 0.572. The predicted molar refractivity (Wildman–Crippen MR) is 110 cm³/mol. The molecule has 148 valence electrons. The number of amides is 2. The molecule has 0 radical (unpaired) electrons. The van der Waals surface area contributed by atoms with Crippen molar-refractivity contribution in [3.05, 3.63) is 72.1 Å². The van der Waals surface area contributed by atoms with Gasteiger partial charge in [-0.3, -0.25) is 9.59 Å². The zero-order chi connectivity index (χ0) is 20.6. The Labute approximate surface area is 168 Å². The second-order valence-electron chi connectivity index (χ2n) is 6.14. The lowest BCUT2D eigenvalue weighted by Crippen LogP contribution is -2.24. The zero-order valence-electron chi connectivity index (χ0n) is 16.1. The molecule has 0 bridgehead atoms. The van der Waals surface area contributed by atoms with Crippen molar-refractivity contribution < 1.29 is 14.3 Å². The maximum absolute atomic E-state index is 12.5. The third-order valence-corrected chi connectivity index (χ3v) is 3.98. The van der Waals surface area contributed by atoms with Gasteiger partial charge in [-0.1, -0.05) is 18.2 Å². The molecule has 0 atom stereocenters. The first-order valence-electron chi connectivity index (χ1n) is 8.93. The number of aromatic nitrogens is 2. The van der Waals surface area contributed by atoms with Crippen LogP contribution >= 0.6 is 0 Å². The average Bonchev–Trinajstić information content (AvgIpc) is 2.73. The summed E-state index contributed by atoms with van der Waals surface area (Å²) in [6, 6.07) is 16.1. The van der Waals surface area contributed by atoms with Crippen LogP contribution in [0, 0.1) is 0 Å². The molecule has 0 unspecified atom stereocenters. The number of nitrogens with zero attached hydrogens (tertiary/aromatic N) is 2. The van der Waals surface area contributed by atoms with Gasteiger partial charge in [0.15, 0.2) is 0 Å². The number of carbonyl (C=O) groups is 2. The van der Waals surface area contributed by atoms with Crippen LogP contribution in [0.1, 0.15) is 23.0 Å².